The fourth-order valence-corrected chi connectivity index (χ4v) is 2.06. The summed E-state index contributed by atoms with van der Waals surface area (Å²) in [4.78, 5) is 21.9. The maximum atomic E-state index is 11.4. The number of esters is 2. The van der Waals surface area contributed by atoms with Gasteiger partial charge in [0, 0.05) is 6.54 Å². The third-order valence-electron chi connectivity index (χ3n) is 1.84. The summed E-state index contributed by atoms with van der Waals surface area (Å²) in [5, 5.41) is 0. The summed E-state index contributed by atoms with van der Waals surface area (Å²) in [6, 6.07) is 0. The first-order valence-electron chi connectivity index (χ1n) is 5.69. The average Bonchev–Trinajstić information content (AvgIpc) is 2.27. The minimum atomic E-state index is -3.56. The van der Waals surface area contributed by atoms with Gasteiger partial charge in [0.05, 0.1) is 31.8 Å². The molecule has 0 aromatic heterocycles. The smallest absolute Gasteiger partial charge is 0.307 e. The molecule has 0 unspecified atom stereocenters. The topological polar surface area (TPSA) is 98.8 Å². The normalized spacial score (nSPS) is 11.0. The molecule has 0 aromatic carbocycles. The van der Waals surface area contributed by atoms with Crippen LogP contribution in [0.1, 0.15) is 26.7 Å². The second-order valence-electron chi connectivity index (χ2n) is 3.32. The summed E-state index contributed by atoms with van der Waals surface area (Å²) in [5.41, 5.74) is 0. The fraction of sp³-hybridized carbons (Fsp3) is 0.800. The van der Waals surface area contributed by atoms with Crippen molar-refractivity contribution in [3.05, 3.63) is 0 Å². The van der Waals surface area contributed by atoms with E-state index in [1.54, 1.807) is 13.8 Å². The van der Waals surface area contributed by atoms with Gasteiger partial charge in [0.2, 0.25) is 10.0 Å². The van der Waals surface area contributed by atoms with Gasteiger partial charge in [0.15, 0.2) is 0 Å². The Morgan fingerprint density at radius 1 is 1.00 bits per heavy atom. The monoisotopic (exact) mass is 281 g/mol. The molecule has 0 aliphatic rings. The van der Waals surface area contributed by atoms with Crippen molar-refractivity contribution < 1.29 is 27.5 Å². The molecular weight excluding hydrogens is 262 g/mol. The van der Waals surface area contributed by atoms with Gasteiger partial charge >= 0.3 is 11.9 Å². The number of ether oxygens (including phenoxy) is 2. The van der Waals surface area contributed by atoms with Crippen molar-refractivity contribution in [2.24, 2.45) is 0 Å². The first-order chi connectivity index (χ1) is 8.41. The van der Waals surface area contributed by atoms with Crippen molar-refractivity contribution in [3.63, 3.8) is 0 Å². The Hall–Kier alpha value is -1.15. The van der Waals surface area contributed by atoms with Crippen LogP contribution in [0.15, 0.2) is 0 Å². The molecule has 0 fully saturated rings. The number of rotatable bonds is 9. The van der Waals surface area contributed by atoms with Gasteiger partial charge in [-0.3, -0.25) is 9.59 Å². The lowest BCUT2D eigenvalue weighted by atomic mass is 10.4. The van der Waals surface area contributed by atoms with Crippen LogP contribution < -0.4 is 4.72 Å². The van der Waals surface area contributed by atoms with Crippen LogP contribution in [0, 0.1) is 0 Å². The van der Waals surface area contributed by atoms with Crippen LogP contribution >= 0.6 is 0 Å². The van der Waals surface area contributed by atoms with E-state index >= 15 is 0 Å². The highest BCUT2D eigenvalue weighted by Crippen LogP contribution is 1.94. The molecular formula is C10H19NO6S. The predicted molar refractivity (Wildman–Crippen MR) is 64.3 cm³/mol. The molecule has 0 saturated heterocycles. The van der Waals surface area contributed by atoms with Crippen LogP contribution in [0.5, 0.6) is 0 Å². The van der Waals surface area contributed by atoms with E-state index in [0.717, 1.165) is 0 Å². The summed E-state index contributed by atoms with van der Waals surface area (Å²) < 4.78 is 34.3. The molecule has 106 valence electrons. The zero-order valence-electron chi connectivity index (χ0n) is 10.6. The van der Waals surface area contributed by atoms with Crippen LogP contribution in [0.4, 0.5) is 0 Å². The van der Waals surface area contributed by atoms with E-state index in [1.165, 1.54) is 0 Å². The Balaban J connectivity index is 3.87. The van der Waals surface area contributed by atoms with E-state index in [1.807, 2.05) is 0 Å². The van der Waals surface area contributed by atoms with Crippen molar-refractivity contribution in [2.45, 2.75) is 26.7 Å². The molecule has 0 bridgehead atoms. The Labute approximate surface area is 107 Å². The molecule has 8 heteroatoms. The fourth-order valence-electron chi connectivity index (χ4n) is 1.06. The zero-order valence-corrected chi connectivity index (χ0v) is 11.4. The number of hydrogen-bond donors (Lipinski definition) is 1. The summed E-state index contributed by atoms with van der Waals surface area (Å²) in [5.74, 6) is -1.38. The van der Waals surface area contributed by atoms with Crippen molar-refractivity contribution in [1.29, 1.82) is 0 Å². The lowest BCUT2D eigenvalue weighted by Gasteiger charge is -2.06. The Kier molecular flexibility index (Phi) is 8.30. The third-order valence-corrected chi connectivity index (χ3v) is 3.22. The van der Waals surface area contributed by atoms with E-state index in [9.17, 15) is 18.0 Å². The van der Waals surface area contributed by atoms with E-state index in [4.69, 9.17) is 0 Å². The molecule has 0 radical (unpaired) electrons. The number of carbonyl (C=O) groups excluding carboxylic acids is 2. The largest absolute Gasteiger partial charge is 0.466 e. The van der Waals surface area contributed by atoms with Crippen molar-refractivity contribution in [2.75, 3.05) is 25.5 Å². The van der Waals surface area contributed by atoms with Gasteiger partial charge in [-0.15, -0.1) is 0 Å². The molecule has 0 spiro atoms. The van der Waals surface area contributed by atoms with Gasteiger partial charge in [0.25, 0.3) is 0 Å². The zero-order chi connectivity index (χ0) is 14.0. The SMILES string of the molecule is CCOC(=O)CCNS(=O)(=O)CCC(=O)OCC. The Morgan fingerprint density at radius 2 is 1.50 bits per heavy atom. The minimum absolute atomic E-state index is 0.0352. The number of hydrogen-bond acceptors (Lipinski definition) is 6. The van der Waals surface area contributed by atoms with Crippen molar-refractivity contribution in [1.82, 2.24) is 4.72 Å². The molecule has 0 aliphatic carbocycles. The van der Waals surface area contributed by atoms with Crippen LogP contribution in [0.3, 0.4) is 0 Å². The van der Waals surface area contributed by atoms with Gasteiger partial charge in [-0.05, 0) is 13.8 Å². The standard InChI is InChI=1S/C10H19NO6S/c1-3-16-9(12)5-7-11-18(14,15)8-6-10(13)17-4-2/h11H,3-8H2,1-2H3. The van der Waals surface area contributed by atoms with E-state index in [2.05, 4.69) is 14.2 Å². The quantitative estimate of drug-likeness (QED) is 0.588. The second-order valence-corrected chi connectivity index (χ2v) is 5.25. The maximum absolute atomic E-state index is 11.4. The number of sulfonamides is 1. The van der Waals surface area contributed by atoms with Crippen LogP contribution in [-0.4, -0.2) is 45.9 Å². The average molecular weight is 281 g/mol. The van der Waals surface area contributed by atoms with Gasteiger partial charge in [-0.25, -0.2) is 13.1 Å². The highest BCUT2D eigenvalue weighted by Gasteiger charge is 2.14. The molecule has 0 saturated carbocycles. The number of nitrogens with one attached hydrogen (secondary N) is 1. The number of carbonyl (C=O) groups is 2. The highest BCUT2D eigenvalue weighted by molar-refractivity contribution is 7.89. The molecule has 7 nitrogen and oxygen atoms in total. The van der Waals surface area contributed by atoms with E-state index < -0.39 is 22.0 Å². The van der Waals surface area contributed by atoms with Crippen molar-refractivity contribution in [3.8, 4) is 0 Å². The van der Waals surface area contributed by atoms with E-state index in [0.29, 0.717) is 0 Å². The molecule has 0 aliphatic heterocycles. The first-order valence-corrected chi connectivity index (χ1v) is 7.35. The molecule has 0 heterocycles. The van der Waals surface area contributed by atoms with Gasteiger partial charge in [0.1, 0.15) is 0 Å². The molecule has 0 atom stereocenters. The lowest BCUT2D eigenvalue weighted by molar-refractivity contribution is -0.143. The summed E-state index contributed by atoms with van der Waals surface area (Å²) in [7, 11) is -3.56. The summed E-state index contributed by atoms with van der Waals surface area (Å²) >= 11 is 0. The van der Waals surface area contributed by atoms with Gasteiger partial charge in [-0.1, -0.05) is 0 Å². The maximum Gasteiger partial charge on any atom is 0.307 e. The summed E-state index contributed by atoms with van der Waals surface area (Å²) in [6.07, 6.45) is -0.241. The molecule has 0 aromatic rings. The van der Waals surface area contributed by atoms with Gasteiger partial charge < -0.3 is 9.47 Å². The van der Waals surface area contributed by atoms with Crippen LogP contribution in [0.2, 0.25) is 0 Å². The molecule has 1 N–H and O–H groups in total. The van der Waals surface area contributed by atoms with E-state index in [-0.39, 0.29) is 38.4 Å². The Bertz CT molecular complexity index is 365. The second kappa shape index (κ2) is 8.87. The highest BCUT2D eigenvalue weighted by atomic mass is 32.2. The van der Waals surface area contributed by atoms with Crippen molar-refractivity contribution >= 4 is 22.0 Å². The molecule has 0 rings (SSSR count). The minimum Gasteiger partial charge on any atom is -0.466 e. The molecule has 18 heavy (non-hydrogen) atoms. The summed E-state index contributed by atoms with van der Waals surface area (Å²) in [6.45, 7) is 3.75. The predicted octanol–water partition coefficient (Wildman–Crippen LogP) is -0.188. The van der Waals surface area contributed by atoms with Gasteiger partial charge in [-0.2, -0.15) is 0 Å². The van der Waals surface area contributed by atoms with Crippen LogP contribution in [0.25, 0.3) is 0 Å². The molecule has 0 amide bonds. The van der Waals surface area contributed by atoms with Crippen LogP contribution in [-0.2, 0) is 29.1 Å². The third kappa shape index (κ3) is 8.94. The first kappa shape index (κ1) is 16.9. The lowest BCUT2D eigenvalue weighted by Crippen LogP contribution is -2.30. The Morgan fingerprint density at radius 3 is 2.00 bits per heavy atom.